The standard InChI is InChI=1S/C37H41ClN4O4/c1-37(29-15-8-16-30(38)24-29)36(46)41(33(35(39)45)23-28-14-7-13-27-12-5-6-17-32(27)28)20-9-21-42(37)34(44)18-19-40-31(25-43)22-26-10-3-2-4-11-26/h2-8,10-17,24,31,33,40,43H,9,18-23,25H2,1H3,(H2,39,45). The Labute approximate surface area is 275 Å². The second-order valence-electron chi connectivity index (χ2n) is 12.0. The Bertz CT molecular complexity index is 1680. The topological polar surface area (TPSA) is 116 Å². The minimum absolute atomic E-state index is 0.0777. The van der Waals surface area contributed by atoms with Crippen molar-refractivity contribution in [2.24, 2.45) is 5.73 Å². The molecule has 9 heteroatoms. The minimum atomic E-state index is -1.44. The molecule has 0 aliphatic carbocycles. The molecule has 4 aromatic rings. The predicted octanol–water partition coefficient (Wildman–Crippen LogP) is 4.45. The molecule has 1 aliphatic rings. The first kappa shape index (κ1) is 33.1. The van der Waals surface area contributed by atoms with E-state index in [1.54, 1.807) is 41.0 Å². The van der Waals surface area contributed by atoms with Crippen LogP contribution in [0, 0.1) is 0 Å². The summed E-state index contributed by atoms with van der Waals surface area (Å²) in [5, 5.41) is 15.7. The van der Waals surface area contributed by atoms with Crippen LogP contribution in [0.25, 0.3) is 10.8 Å². The largest absolute Gasteiger partial charge is 0.395 e. The highest BCUT2D eigenvalue weighted by Crippen LogP contribution is 2.36. The van der Waals surface area contributed by atoms with Crippen molar-refractivity contribution >= 4 is 40.1 Å². The lowest BCUT2D eigenvalue weighted by atomic mass is 9.87. The number of fused-ring (bicyclic) bond motifs is 1. The number of aliphatic hydroxyl groups excluding tert-OH is 1. The first-order valence-corrected chi connectivity index (χ1v) is 16.1. The van der Waals surface area contributed by atoms with Crippen LogP contribution in [0.2, 0.25) is 5.02 Å². The fraction of sp³-hybridized carbons (Fsp3) is 0.324. The van der Waals surface area contributed by atoms with Crippen LogP contribution in [0.3, 0.4) is 0 Å². The smallest absolute Gasteiger partial charge is 0.253 e. The molecule has 1 aliphatic heterocycles. The van der Waals surface area contributed by atoms with E-state index in [0.29, 0.717) is 36.5 Å². The van der Waals surface area contributed by atoms with Gasteiger partial charge in [-0.2, -0.15) is 0 Å². The first-order valence-electron chi connectivity index (χ1n) is 15.7. The zero-order valence-electron chi connectivity index (χ0n) is 26.1. The van der Waals surface area contributed by atoms with Crippen LogP contribution in [0.15, 0.2) is 97.1 Å². The fourth-order valence-electron chi connectivity index (χ4n) is 6.52. The van der Waals surface area contributed by atoms with Gasteiger partial charge in [0.15, 0.2) is 0 Å². The second kappa shape index (κ2) is 14.9. The summed E-state index contributed by atoms with van der Waals surface area (Å²) < 4.78 is 0. The highest BCUT2D eigenvalue weighted by atomic mass is 35.5. The normalized spacial score (nSPS) is 18.3. The maximum atomic E-state index is 14.8. The fourth-order valence-corrected chi connectivity index (χ4v) is 6.71. The summed E-state index contributed by atoms with van der Waals surface area (Å²) in [6.07, 6.45) is 1.45. The van der Waals surface area contributed by atoms with Crippen LogP contribution >= 0.6 is 11.6 Å². The summed E-state index contributed by atoms with van der Waals surface area (Å²) >= 11 is 6.42. The van der Waals surface area contributed by atoms with Crippen LogP contribution in [-0.4, -0.2) is 71.0 Å². The third kappa shape index (κ3) is 7.25. The molecule has 240 valence electrons. The molecule has 4 N–H and O–H groups in total. The monoisotopic (exact) mass is 640 g/mol. The van der Waals surface area contributed by atoms with Crippen LogP contribution in [-0.2, 0) is 32.8 Å². The van der Waals surface area contributed by atoms with Crippen LogP contribution < -0.4 is 11.1 Å². The molecule has 0 saturated carbocycles. The number of carbonyl (C=O) groups is 3. The van der Waals surface area contributed by atoms with Crippen molar-refractivity contribution < 1.29 is 19.5 Å². The average molecular weight is 641 g/mol. The van der Waals surface area contributed by atoms with Gasteiger partial charge < -0.3 is 26.0 Å². The Morgan fingerprint density at radius 3 is 2.41 bits per heavy atom. The summed E-state index contributed by atoms with van der Waals surface area (Å²) in [5.74, 6) is -1.20. The molecule has 3 amide bonds. The van der Waals surface area contributed by atoms with Crippen molar-refractivity contribution in [3.8, 4) is 0 Å². The van der Waals surface area contributed by atoms with Gasteiger partial charge in [0.25, 0.3) is 5.91 Å². The zero-order valence-corrected chi connectivity index (χ0v) is 26.8. The van der Waals surface area contributed by atoms with Crippen molar-refractivity contribution in [1.82, 2.24) is 15.1 Å². The van der Waals surface area contributed by atoms with Gasteiger partial charge in [0.05, 0.1) is 6.61 Å². The number of hydrogen-bond donors (Lipinski definition) is 3. The third-order valence-electron chi connectivity index (χ3n) is 9.00. The van der Waals surface area contributed by atoms with E-state index in [4.69, 9.17) is 17.3 Å². The van der Waals surface area contributed by atoms with E-state index < -0.39 is 17.5 Å². The number of nitrogens with one attached hydrogen (secondary N) is 1. The van der Waals surface area contributed by atoms with Gasteiger partial charge in [0.2, 0.25) is 11.8 Å². The van der Waals surface area contributed by atoms with Gasteiger partial charge in [0, 0.05) is 43.5 Å². The number of aliphatic hydroxyl groups is 1. The van der Waals surface area contributed by atoms with E-state index in [1.807, 2.05) is 72.8 Å². The molecule has 0 aromatic heterocycles. The van der Waals surface area contributed by atoms with Crippen LogP contribution in [0.5, 0.6) is 0 Å². The lowest BCUT2D eigenvalue weighted by molar-refractivity contribution is -0.154. The Hall–Kier alpha value is -4.24. The molecular weight excluding hydrogens is 600 g/mol. The second-order valence-corrected chi connectivity index (χ2v) is 12.5. The number of nitrogens with zero attached hydrogens (tertiary/aromatic N) is 2. The molecule has 8 nitrogen and oxygen atoms in total. The molecule has 1 fully saturated rings. The molecule has 1 saturated heterocycles. The lowest BCUT2D eigenvalue weighted by Crippen LogP contribution is -2.59. The van der Waals surface area contributed by atoms with Crippen molar-refractivity contribution in [2.75, 3.05) is 26.2 Å². The maximum Gasteiger partial charge on any atom is 0.253 e. The van der Waals surface area contributed by atoms with E-state index in [-0.39, 0.29) is 43.8 Å². The predicted molar refractivity (Wildman–Crippen MR) is 181 cm³/mol. The zero-order chi connectivity index (χ0) is 32.7. The van der Waals surface area contributed by atoms with Crippen molar-refractivity contribution in [2.45, 2.75) is 50.2 Å². The van der Waals surface area contributed by atoms with Crippen molar-refractivity contribution in [3.05, 3.63) is 119 Å². The molecule has 5 rings (SSSR count). The third-order valence-corrected chi connectivity index (χ3v) is 9.24. The molecular formula is C37H41ClN4O4. The Kier molecular flexibility index (Phi) is 10.7. The number of benzene rings is 4. The van der Waals surface area contributed by atoms with Gasteiger partial charge in [0.1, 0.15) is 11.6 Å². The summed E-state index contributed by atoms with van der Waals surface area (Å²) in [6, 6.07) is 29.5. The summed E-state index contributed by atoms with van der Waals surface area (Å²) in [7, 11) is 0. The molecule has 46 heavy (non-hydrogen) atoms. The minimum Gasteiger partial charge on any atom is -0.395 e. The summed E-state index contributed by atoms with van der Waals surface area (Å²) in [6.45, 7) is 2.54. The van der Waals surface area contributed by atoms with Crippen molar-refractivity contribution in [1.29, 1.82) is 0 Å². The van der Waals surface area contributed by atoms with Gasteiger partial charge in [-0.25, -0.2) is 0 Å². The molecule has 1 heterocycles. The first-order chi connectivity index (χ1) is 22.2. The van der Waals surface area contributed by atoms with Crippen LogP contribution in [0.1, 0.15) is 36.5 Å². The Balaban J connectivity index is 1.41. The van der Waals surface area contributed by atoms with Gasteiger partial charge in [-0.1, -0.05) is 96.5 Å². The number of carbonyl (C=O) groups excluding carboxylic acids is 3. The molecule has 0 radical (unpaired) electrons. The Morgan fingerprint density at radius 2 is 1.67 bits per heavy atom. The maximum absolute atomic E-state index is 14.8. The van der Waals surface area contributed by atoms with Crippen LogP contribution in [0.4, 0.5) is 0 Å². The molecule has 3 atom stereocenters. The van der Waals surface area contributed by atoms with E-state index in [2.05, 4.69) is 5.32 Å². The highest BCUT2D eigenvalue weighted by Gasteiger charge is 2.49. The quantitative estimate of drug-likeness (QED) is 0.212. The Morgan fingerprint density at radius 1 is 0.957 bits per heavy atom. The number of halogens is 1. The summed E-state index contributed by atoms with van der Waals surface area (Å²) in [5.41, 5.74) is 7.13. The lowest BCUT2D eigenvalue weighted by Gasteiger charge is -2.42. The van der Waals surface area contributed by atoms with E-state index in [9.17, 15) is 19.5 Å². The van der Waals surface area contributed by atoms with E-state index in [1.165, 1.54) is 0 Å². The molecule has 0 spiro atoms. The average Bonchev–Trinajstić information content (AvgIpc) is 3.19. The highest BCUT2D eigenvalue weighted by molar-refractivity contribution is 6.30. The van der Waals surface area contributed by atoms with Gasteiger partial charge >= 0.3 is 0 Å². The van der Waals surface area contributed by atoms with E-state index >= 15 is 0 Å². The van der Waals surface area contributed by atoms with Gasteiger partial charge in [-0.15, -0.1) is 0 Å². The number of primary amides is 1. The molecule has 0 bridgehead atoms. The molecule has 4 aromatic carbocycles. The SMILES string of the molecule is CC1(c2cccc(Cl)c2)C(=O)N(C(Cc2cccc3ccccc23)C(N)=O)CCCN1C(=O)CCNC(CO)Cc1ccccc1. The van der Waals surface area contributed by atoms with E-state index in [0.717, 1.165) is 21.9 Å². The molecule has 3 unspecified atom stereocenters. The van der Waals surface area contributed by atoms with Crippen molar-refractivity contribution in [3.63, 3.8) is 0 Å². The summed E-state index contributed by atoms with van der Waals surface area (Å²) in [4.78, 5) is 45.0. The number of nitrogens with two attached hydrogens (primary N) is 1. The number of amides is 3. The van der Waals surface area contributed by atoms with Gasteiger partial charge in [-0.05, 0) is 59.4 Å². The number of hydrogen-bond acceptors (Lipinski definition) is 5. The number of rotatable bonds is 12. The van der Waals surface area contributed by atoms with Gasteiger partial charge in [-0.3, -0.25) is 14.4 Å².